The molecule has 0 bridgehead atoms. The Morgan fingerprint density at radius 2 is 2.13 bits per heavy atom. The van der Waals surface area contributed by atoms with Gasteiger partial charge in [0.2, 0.25) is 0 Å². The Kier molecular flexibility index (Phi) is 2.87. The lowest BCUT2D eigenvalue weighted by atomic mass is 10.3. The maximum Gasteiger partial charge on any atom is 0.144 e. The molecule has 0 radical (unpaired) electrons. The lowest BCUT2D eigenvalue weighted by Crippen LogP contribution is -2.18. The van der Waals surface area contributed by atoms with Crippen LogP contribution in [0.15, 0.2) is 6.20 Å². The fourth-order valence-electron chi connectivity index (χ4n) is 1.47. The minimum atomic E-state index is 0.473. The van der Waals surface area contributed by atoms with E-state index in [4.69, 9.17) is 0 Å². The van der Waals surface area contributed by atoms with E-state index >= 15 is 0 Å². The van der Waals surface area contributed by atoms with Crippen molar-refractivity contribution in [3.63, 3.8) is 0 Å². The molecule has 1 heterocycles. The summed E-state index contributed by atoms with van der Waals surface area (Å²) in [4.78, 5) is 8.75. The lowest BCUT2D eigenvalue weighted by molar-refractivity contribution is 0.928. The molecule has 1 fully saturated rings. The second-order valence-electron chi connectivity index (χ2n) is 4.17. The zero-order valence-electron chi connectivity index (χ0n) is 9.50. The van der Waals surface area contributed by atoms with Crippen LogP contribution in [0.2, 0.25) is 0 Å². The van der Waals surface area contributed by atoms with Crippen molar-refractivity contribution in [1.82, 2.24) is 9.97 Å². The first-order valence-corrected chi connectivity index (χ1v) is 6.47. The number of hydrogen-bond acceptors (Lipinski definition) is 4. The summed E-state index contributed by atoms with van der Waals surface area (Å²) in [7, 11) is 0. The molecular weight excluding hydrogens is 206 g/mol. The van der Waals surface area contributed by atoms with E-state index in [9.17, 15) is 0 Å². The highest BCUT2D eigenvalue weighted by atomic mass is 32.2. The SMILES string of the molecule is CSC1(CNc2cnc(C)c(C)n2)CC1. The van der Waals surface area contributed by atoms with Crippen molar-refractivity contribution in [3.05, 3.63) is 17.6 Å². The summed E-state index contributed by atoms with van der Waals surface area (Å²) in [6.07, 6.45) is 6.64. The third-order valence-electron chi connectivity index (χ3n) is 3.02. The molecular formula is C11H17N3S. The van der Waals surface area contributed by atoms with Crippen LogP contribution in [-0.2, 0) is 0 Å². The zero-order chi connectivity index (χ0) is 10.9. The van der Waals surface area contributed by atoms with Gasteiger partial charge in [0.1, 0.15) is 5.82 Å². The summed E-state index contributed by atoms with van der Waals surface area (Å²) < 4.78 is 0.473. The van der Waals surface area contributed by atoms with Crippen LogP contribution in [0.3, 0.4) is 0 Å². The molecule has 15 heavy (non-hydrogen) atoms. The van der Waals surface area contributed by atoms with Crippen molar-refractivity contribution in [3.8, 4) is 0 Å². The summed E-state index contributed by atoms with van der Waals surface area (Å²) in [5.74, 6) is 0.901. The molecule has 1 aliphatic rings. The highest BCUT2D eigenvalue weighted by molar-refractivity contribution is 8.00. The van der Waals surface area contributed by atoms with Gasteiger partial charge in [-0.25, -0.2) is 4.98 Å². The highest BCUT2D eigenvalue weighted by Crippen LogP contribution is 2.46. The van der Waals surface area contributed by atoms with Gasteiger partial charge in [-0.1, -0.05) is 0 Å². The Morgan fingerprint density at radius 1 is 1.40 bits per heavy atom. The van der Waals surface area contributed by atoms with Crippen LogP contribution in [0.5, 0.6) is 0 Å². The Morgan fingerprint density at radius 3 is 2.67 bits per heavy atom. The van der Waals surface area contributed by atoms with Crippen molar-refractivity contribution in [2.45, 2.75) is 31.4 Å². The number of nitrogens with one attached hydrogen (secondary N) is 1. The third-order valence-corrected chi connectivity index (χ3v) is 4.44. The molecule has 0 amide bonds. The molecule has 1 N–H and O–H groups in total. The van der Waals surface area contributed by atoms with E-state index in [1.807, 2.05) is 31.8 Å². The van der Waals surface area contributed by atoms with Gasteiger partial charge in [-0.2, -0.15) is 11.8 Å². The Labute approximate surface area is 95.1 Å². The summed E-state index contributed by atoms with van der Waals surface area (Å²) in [5.41, 5.74) is 2.01. The van der Waals surface area contributed by atoms with Gasteiger partial charge >= 0.3 is 0 Å². The largest absolute Gasteiger partial charge is 0.367 e. The van der Waals surface area contributed by atoms with Crippen molar-refractivity contribution in [2.24, 2.45) is 0 Å². The van der Waals surface area contributed by atoms with E-state index in [0.717, 1.165) is 23.8 Å². The summed E-state index contributed by atoms with van der Waals surface area (Å²) in [6, 6.07) is 0. The predicted octanol–water partition coefficient (Wildman–Crippen LogP) is 2.40. The summed E-state index contributed by atoms with van der Waals surface area (Å²) in [5, 5.41) is 3.37. The van der Waals surface area contributed by atoms with Gasteiger partial charge < -0.3 is 5.32 Å². The Balaban J connectivity index is 1.96. The maximum atomic E-state index is 4.45. The third kappa shape index (κ3) is 2.43. The molecule has 1 saturated carbocycles. The molecule has 0 aliphatic heterocycles. The Bertz CT molecular complexity index is 361. The average Bonchev–Trinajstić information content (AvgIpc) is 3.01. The molecule has 3 nitrogen and oxygen atoms in total. The summed E-state index contributed by atoms with van der Waals surface area (Å²) >= 11 is 1.95. The van der Waals surface area contributed by atoms with E-state index in [1.54, 1.807) is 0 Å². The van der Waals surface area contributed by atoms with Gasteiger partial charge in [0.15, 0.2) is 0 Å². The monoisotopic (exact) mass is 223 g/mol. The van der Waals surface area contributed by atoms with Crippen LogP contribution in [0.25, 0.3) is 0 Å². The molecule has 0 saturated heterocycles. The second kappa shape index (κ2) is 4.00. The molecule has 82 valence electrons. The van der Waals surface area contributed by atoms with E-state index in [2.05, 4.69) is 21.5 Å². The fourth-order valence-corrected chi connectivity index (χ4v) is 2.20. The highest BCUT2D eigenvalue weighted by Gasteiger charge is 2.41. The Hall–Kier alpha value is -0.770. The number of aromatic nitrogens is 2. The van der Waals surface area contributed by atoms with Gasteiger partial charge in [-0.05, 0) is 32.9 Å². The fraction of sp³-hybridized carbons (Fsp3) is 0.636. The molecule has 4 heteroatoms. The lowest BCUT2D eigenvalue weighted by Gasteiger charge is -2.13. The van der Waals surface area contributed by atoms with E-state index in [0.29, 0.717) is 4.75 Å². The zero-order valence-corrected chi connectivity index (χ0v) is 10.3. The molecule has 0 spiro atoms. The van der Waals surface area contributed by atoms with E-state index in [-0.39, 0.29) is 0 Å². The minimum Gasteiger partial charge on any atom is -0.367 e. The molecule has 1 aromatic heterocycles. The van der Waals surface area contributed by atoms with Gasteiger partial charge in [0, 0.05) is 11.3 Å². The molecule has 0 unspecified atom stereocenters. The standard InChI is InChI=1S/C11H17N3S/c1-8-9(2)14-10(6-12-8)13-7-11(15-3)4-5-11/h6H,4-5,7H2,1-3H3,(H,13,14). The molecule has 2 rings (SSSR count). The van der Waals surface area contributed by atoms with Crippen LogP contribution in [-0.4, -0.2) is 27.5 Å². The number of hydrogen-bond donors (Lipinski definition) is 1. The normalized spacial score (nSPS) is 17.5. The molecule has 0 aromatic carbocycles. The quantitative estimate of drug-likeness (QED) is 0.850. The van der Waals surface area contributed by atoms with Crippen molar-refractivity contribution in [2.75, 3.05) is 18.1 Å². The van der Waals surface area contributed by atoms with Crippen molar-refractivity contribution < 1.29 is 0 Å². The van der Waals surface area contributed by atoms with E-state index in [1.165, 1.54) is 12.8 Å². The first-order valence-electron chi connectivity index (χ1n) is 5.24. The number of aryl methyl sites for hydroxylation is 2. The predicted molar refractivity (Wildman–Crippen MR) is 65.5 cm³/mol. The van der Waals surface area contributed by atoms with Crippen molar-refractivity contribution in [1.29, 1.82) is 0 Å². The minimum absolute atomic E-state index is 0.473. The first-order chi connectivity index (χ1) is 7.15. The van der Waals surface area contributed by atoms with Crippen LogP contribution >= 0.6 is 11.8 Å². The average molecular weight is 223 g/mol. The second-order valence-corrected chi connectivity index (χ2v) is 5.44. The first kappa shape index (κ1) is 10.7. The van der Waals surface area contributed by atoms with Crippen LogP contribution in [0.4, 0.5) is 5.82 Å². The van der Waals surface area contributed by atoms with Gasteiger partial charge in [-0.3, -0.25) is 4.98 Å². The molecule has 0 atom stereocenters. The number of nitrogens with zero attached hydrogens (tertiary/aromatic N) is 2. The van der Waals surface area contributed by atoms with E-state index < -0.39 is 0 Å². The number of thioether (sulfide) groups is 1. The van der Waals surface area contributed by atoms with Gasteiger partial charge in [-0.15, -0.1) is 0 Å². The van der Waals surface area contributed by atoms with Crippen LogP contribution in [0, 0.1) is 13.8 Å². The smallest absolute Gasteiger partial charge is 0.144 e. The van der Waals surface area contributed by atoms with Gasteiger partial charge in [0.05, 0.1) is 17.6 Å². The van der Waals surface area contributed by atoms with Crippen LogP contribution < -0.4 is 5.32 Å². The van der Waals surface area contributed by atoms with Gasteiger partial charge in [0.25, 0.3) is 0 Å². The maximum absolute atomic E-state index is 4.45. The topological polar surface area (TPSA) is 37.8 Å². The van der Waals surface area contributed by atoms with Crippen molar-refractivity contribution >= 4 is 17.6 Å². The van der Waals surface area contributed by atoms with Crippen LogP contribution in [0.1, 0.15) is 24.2 Å². The number of rotatable bonds is 4. The number of anilines is 1. The summed E-state index contributed by atoms with van der Waals surface area (Å²) in [6.45, 7) is 4.98. The molecule has 1 aromatic rings. The molecule has 1 aliphatic carbocycles.